The van der Waals surface area contributed by atoms with E-state index in [1.165, 1.54) is 58.6 Å². The molecule has 0 aliphatic heterocycles. The van der Waals surface area contributed by atoms with Crippen LogP contribution in [-0.4, -0.2) is 41.3 Å². The second-order valence-corrected chi connectivity index (χ2v) is 10.1. The fourth-order valence-electron chi connectivity index (χ4n) is 3.55. The van der Waals surface area contributed by atoms with Crippen molar-refractivity contribution < 1.29 is 18.7 Å². The molecule has 9 nitrogen and oxygen atoms in total. The van der Waals surface area contributed by atoms with E-state index in [0.29, 0.717) is 23.6 Å². The number of rotatable bonds is 11. The van der Waals surface area contributed by atoms with Crippen molar-refractivity contribution in [3.8, 4) is 5.75 Å². The first-order chi connectivity index (χ1) is 18.0. The molecule has 2 heterocycles. The summed E-state index contributed by atoms with van der Waals surface area (Å²) in [5.41, 5.74) is -0.445. The largest absolute Gasteiger partial charge is 0.496 e. The van der Waals surface area contributed by atoms with E-state index in [4.69, 9.17) is 14.3 Å². The van der Waals surface area contributed by atoms with Gasteiger partial charge in [-0.05, 0) is 64.3 Å². The lowest BCUT2D eigenvalue weighted by atomic mass is 10.1. The Bertz CT molecular complexity index is 1420. The number of methoxy groups -OCH3 is 1. The molecule has 0 bridgehead atoms. The molecular formula is C27H33FN4O5S. The van der Waals surface area contributed by atoms with E-state index in [2.05, 4.69) is 5.16 Å². The van der Waals surface area contributed by atoms with Crippen LogP contribution in [0.5, 0.6) is 5.75 Å². The van der Waals surface area contributed by atoms with Crippen LogP contribution in [0.4, 0.5) is 4.39 Å². The van der Waals surface area contributed by atoms with Crippen LogP contribution in [0.1, 0.15) is 50.6 Å². The predicted octanol–water partition coefficient (Wildman–Crippen LogP) is 4.52. The van der Waals surface area contributed by atoms with Gasteiger partial charge in [0.2, 0.25) is 0 Å². The van der Waals surface area contributed by atoms with Gasteiger partial charge in [-0.1, -0.05) is 11.2 Å². The second kappa shape index (κ2) is 12.6. The molecule has 3 rings (SSSR count). The first-order valence-electron chi connectivity index (χ1n) is 12.1. The number of oxime groups is 1. The summed E-state index contributed by atoms with van der Waals surface area (Å²) >= 11 is 1.51. The van der Waals surface area contributed by atoms with Gasteiger partial charge < -0.3 is 19.3 Å². The maximum Gasteiger partial charge on any atom is 0.354 e. The minimum atomic E-state index is -0.643. The van der Waals surface area contributed by atoms with Gasteiger partial charge in [-0.2, -0.15) is 4.68 Å². The van der Waals surface area contributed by atoms with Crippen LogP contribution in [0, 0.1) is 5.82 Å². The highest BCUT2D eigenvalue weighted by Crippen LogP contribution is 2.29. The van der Waals surface area contributed by atoms with Gasteiger partial charge in [0.15, 0.2) is 0 Å². The van der Waals surface area contributed by atoms with Crippen LogP contribution < -0.4 is 21.0 Å². The maximum atomic E-state index is 14.2. The number of aromatic nitrogens is 2. The number of hydrogen-bond donors (Lipinski definition) is 0. The fraction of sp³-hybridized carbons (Fsp3) is 0.370. The van der Waals surface area contributed by atoms with Crippen LogP contribution >= 0.6 is 11.3 Å². The Balaban J connectivity index is 2.28. The Labute approximate surface area is 225 Å². The van der Waals surface area contributed by atoms with Crippen molar-refractivity contribution in [2.24, 2.45) is 5.16 Å². The van der Waals surface area contributed by atoms with Crippen LogP contribution in [0.25, 0.3) is 12.0 Å². The molecule has 204 valence electrons. The molecule has 0 spiro atoms. The summed E-state index contributed by atoms with van der Waals surface area (Å²) in [7, 11) is 3.11. The molecule has 1 aromatic carbocycles. The SMILES string of the molecule is COc1ccc(F)cc1/C(=C/n1cc(/C(C)=N/OC(C)C)c(=O)n(N(C)Cc2cccs2)c1=O)OC(C)C. The molecule has 0 N–H and O–H groups in total. The smallest absolute Gasteiger partial charge is 0.354 e. The van der Waals surface area contributed by atoms with Crippen LogP contribution in [0.3, 0.4) is 0 Å². The van der Waals surface area contributed by atoms with Gasteiger partial charge in [0, 0.05) is 18.1 Å². The Morgan fingerprint density at radius 2 is 1.89 bits per heavy atom. The first kappa shape index (κ1) is 28.7. The molecule has 0 radical (unpaired) electrons. The first-order valence-corrected chi connectivity index (χ1v) is 12.9. The number of benzene rings is 1. The molecule has 0 saturated carbocycles. The molecule has 2 aromatic heterocycles. The molecule has 38 heavy (non-hydrogen) atoms. The van der Waals surface area contributed by atoms with Crippen LogP contribution in [0.15, 0.2) is 56.7 Å². The Morgan fingerprint density at radius 3 is 2.50 bits per heavy atom. The van der Waals surface area contributed by atoms with Crippen molar-refractivity contribution in [3.63, 3.8) is 0 Å². The van der Waals surface area contributed by atoms with Crippen molar-refractivity contribution in [3.05, 3.63) is 84.6 Å². The van der Waals surface area contributed by atoms with E-state index >= 15 is 0 Å². The molecule has 0 amide bonds. The van der Waals surface area contributed by atoms with E-state index < -0.39 is 17.1 Å². The lowest BCUT2D eigenvalue weighted by Crippen LogP contribution is -2.51. The monoisotopic (exact) mass is 544 g/mol. The van der Waals surface area contributed by atoms with E-state index in [-0.39, 0.29) is 23.5 Å². The highest BCUT2D eigenvalue weighted by molar-refractivity contribution is 7.09. The van der Waals surface area contributed by atoms with Gasteiger partial charge >= 0.3 is 5.69 Å². The van der Waals surface area contributed by atoms with Crippen molar-refractivity contribution in [2.45, 2.75) is 53.4 Å². The third kappa shape index (κ3) is 6.91. The van der Waals surface area contributed by atoms with E-state index in [9.17, 15) is 14.0 Å². The third-order valence-electron chi connectivity index (χ3n) is 5.24. The van der Waals surface area contributed by atoms with E-state index in [1.807, 2.05) is 45.2 Å². The van der Waals surface area contributed by atoms with Crippen LogP contribution in [0.2, 0.25) is 0 Å². The normalized spacial score (nSPS) is 12.3. The summed E-state index contributed by atoms with van der Waals surface area (Å²) < 4.78 is 27.9. The number of thiophene rings is 1. The van der Waals surface area contributed by atoms with Gasteiger partial charge in [0.1, 0.15) is 23.4 Å². The van der Waals surface area contributed by atoms with Gasteiger partial charge in [-0.25, -0.2) is 9.18 Å². The van der Waals surface area contributed by atoms with Gasteiger partial charge in [0.25, 0.3) is 5.56 Å². The zero-order valence-corrected chi connectivity index (χ0v) is 23.4. The van der Waals surface area contributed by atoms with Crippen molar-refractivity contribution in [1.29, 1.82) is 0 Å². The Morgan fingerprint density at radius 1 is 1.16 bits per heavy atom. The maximum absolute atomic E-state index is 14.2. The highest BCUT2D eigenvalue weighted by atomic mass is 32.1. The molecule has 0 aliphatic carbocycles. The molecule has 0 atom stereocenters. The zero-order chi connectivity index (χ0) is 28.0. The predicted molar refractivity (Wildman–Crippen MR) is 149 cm³/mol. The third-order valence-corrected chi connectivity index (χ3v) is 6.10. The van der Waals surface area contributed by atoms with Crippen molar-refractivity contribution >= 4 is 29.0 Å². The topological polar surface area (TPSA) is 87.3 Å². The lowest BCUT2D eigenvalue weighted by Gasteiger charge is -2.22. The second-order valence-electron chi connectivity index (χ2n) is 9.08. The lowest BCUT2D eigenvalue weighted by molar-refractivity contribution is 0.0860. The Kier molecular flexibility index (Phi) is 9.51. The van der Waals surface area contributed by atoms with Crippen molar-refractivity contribution in [2.75, 3.05) is 19.2 Å². The molecule has 0 unspecified atom stereocenters. The summed E-state index contributed by atoms with van der Waals surface area (Å²) in [5, 5.41) is 7.53. The summed E-state index contributed by atoms with van der Waals surface area (Å²) in [6.45, 7) is 9.20. The number of hydrogen-bond acceptors (Lipinski definition) is 8. The minimum absolute atomic E-state index is 0.148. The summed E-state index contributed by atoms with van der Waals surface area (Å²) in [5.74, 6) is 0.0443. The van der Waals surface area contributed by atoms with Crippen molar-refractivity contribution in [1.82, 2.24) is 9.24 Å². The molecule has 0 fully saturated rings. The van der Waals surface area contributed by atoms with Crippen LogP contribution in [-0.2, 0) is 16.1 Å². The standard InChI is InChI=1S/C27H33FN4O5S/c1-17(2)36-25(22-13-20(28)10-11-24(22)35-7)16-31-15-23(19(5)29-37-18(3)4)26(33)32(27(31)34)30(6)14-21-9-8-12-38-21/h8-13,15-18H,14H2,1-7H3/b25-16-,29-19+. The highest BCUT2D eigenvalue weighted by Gasteiger charge is 2.19. The van der Waals surface area contributed by atoms with Gasteiger partial charge in [-0.15, -0.1) is 11.3 Å². The number of halogens is 1. The van der Waals surface area contributed by atoms with E-state index in [1.54, 1.807) is 14.0 Å². The zero-order valence-electron chi connectivity index (χ0n) is 22.6. The van der Waals surface area contributed by atoms with Gasteiger partial charge in [0.05, 0.1) is 42.8 Å². The Hall–Kier alpha value is -3.86. The average molecular weight is 545 g/mol. The summed E-state index contributed by atoms with van der Waals surface area (Å²) in [6, 6.07) is 7.83. The molecule has 11 heteroatoms. The quantitative estimate of drug-likeness (QED) is 0.201. The van der Waals surface area contributed by atoms with Gasteiger partial charge in [-0.3, -0.25) is 9.36 Å². The number of nitrogens with zero attached hydrogens (tertiary/aromatic N) is 4. The molecular weight excluding hydrogens is 511 g/mol. The number of ether oxygens (including phenoxy) is 2. The molecule has 0 saturated heterocycles. The summed E-state index contributed by atoms with van der Waals surface area (Å²) in [4.78, 5) is 33.5. The molecule has 0 aliphatic rings. The van der Waals surface area contributed by atoms with E-state index in [0.717, 1.165) is 9.55 Å². The average Bonchev–Trinajstić information content (AvgIpc) is 3.36. The fourth-order valence-corrected chi connectivity index (χ4v) is 4.30. The molecule has 3 aromatic rings. The summed E-state index contributed by atoms with van der Waals surface area (Å²) in [6.07, 6.45) is 2.28. The minimum Gasteiger partial charge on any atom is -0.496 e.